The average Bonchev–Trinajstić information content (AvgIpc) is 3.28. The standard InChI is InChI=1S/C22H27Cl2N3O4S2/c1-22(2,20(29)30-3)18-12-32-21(26-18)33-13-19(28)25-9-15-11-27(6-7-31-15)10-14-4-5-16(23)17(24)8-14/h4-5,8,12,15H,6-7,9-11,13H2,1-3H3,(H,25,28)/t15-/m0/s1. The number of thiazole rings is 1. The summed E-state index contributed by atoms with van der Waals surface area (Å²) >= 11 is 14.9. The number of aromatic nitrogens is 1. The van der Waals surface area contributed by atoms with Crippen molar-refractivity contribution in [1.82, 2.24) is 15.2 Å². The summed E-state index contributed by atoms with van der Waals surface area (Å²) in [5, 5.41) is 5.86. The van der Waals surface area contributed by atoms with E-state index in [0.29, 0.717) is 35.4 Å². The molecule has 1 aliphatic rings. The van der Waals surface area contributed by atoms with Gasteiger partial charge in [-0.25, -0.2) is 4.98 Å². The lowest BCUT2D eigenvalue weighted by molar-refractivity contribution is -0.146. The Bertz CT molecular complexity index is 986. The van der Waals surface area contributed by atoms with Crippen LogP contribution in [0.15, 0.2) is 27.9 Å². The number of hydrogen-bond acceptors (Lipinski definition) is 8. The van der Waals surface area contributed by atoms with Crippen LogP contribution in [0.2, 0.25) is 10.0 Å². The van der Waals surface area contributed by atoms with Crippen LogP contribution in [0.4, 0.5) is 0 Å². The van der Waals surface area contributed by atoms with Crippen molar-refractivity contribution in [2.45, 2.75) is 36.3 Å². The van der Waals surface area contributed by atoms with E-state index in [9.17, 15) is 9.59 Å². The summed E-state index contributed by atoms with van der Waals surface area (Å²) in [5.74, 6) is -0.192. The Hall–Kier alpha value is -1.36. The molecule has 1 aliphatic heterocycles. The fourth-order valence-corrected chi connectivity index (χ4v) is 5.46. The molecule has 33 heavy (non-hydrogen) atoms. The number of nitrogens with one attached hydrogen (secondary N) is 1. The predicted molar refractivity (Wildman–Crippen MR) is 132 cm³/mol. The van der Waals surface area contributed by atoms with Crippen LogP contribution < -0.4 is 5.32 Å². The maximum Gasteiger partial charge on any atom is 0.317 e. The minimum absolute atomic E-state index is 0.0807. The van der Waals surface area contributed by atoms with Gasteiger partial charge in [-0.3, -0.25) is 14.5 Å². The van der Waals surface area contributed by atoms with Gasteiger partial charge < -0.3 is 14.8 Å². The number of ether oxygens (including phenoxy) is 2. The lowest BCUT2D eigenvalue weighted by Crippen LogP contribution is -2.47. The number of morpholine rings is 1. The first-order valence-corrected chi connectivity index (χ1v) is 13.0. The molecule has 2 heterocycles. The molecule has 1 atom stereocenters. The molecule has 1 aromatic carbocycles. The van der Waals surface area contributed by atoms with Gasteiger partial charge >= 0.3 is 5.97 Å². The molecule has 7 nitrogen and oxygen atoms in total. The predicted octanol–water partition coefficient (Wildman–Crippen LogP) is 4.01. The minimum atomic E-state index is -0.826. The second-order valence-electron chi connectivity index (χ2n) is 8.18. The summed E-state index contributed by atoms with van der Waals surface area (Å²) in [6, 6.07) is 5.65. The molecule has 0 bridgehead atoms. The van der Waals surface area contributed by atoms with Gasteiger partial charge in [0.15, 0.2) is 4.34 Å². The van der Waals surface area contributed by atoms with E-state index in [1.165, 1.54) is 30.2 Å². The van der Waals surface area contributed by atoms with E-state index in [1.54, 1.807) is 19.9 Å². The first-order chi connectivity index (χ1) is 15.7. The van der Waals surface area contributed by atoms with Gasteiger partial charge in [0.25, 0.3) is 0 Å². The van der Waals surface area contributed by atoms with Crippen LogP contribution in [0, 0.1) is 0 Å². The first kappa shape index (κ1) is 26.2. The Balaban J connectivity index is 1.42. The van der Waals surface area contributed by atoms with Crippen molar-refractivity contribution < 1.29 is 19.1 Å². The maximum atomic E-state index is 12.3. The van der Waals surface area contributed by atoms with Gasteiger partial charge in [-0.05, 0) is 31.5 Å². The van der Waals surface area contributed by atoms with Gasteiger partial charge in [-0.2, -0.15) is 0 Å². The van der Waals surface area contributed by atoms with Gasteiger partial charge in [0.2, 0.25) is 5.91 Å². The number of thioether (sulfide) groups is 1. The number of carbonyl (C=O) groups is 2. The SMILES string of the molecule is COC(=O)C(C)(C)c1csc(SCC(=O)NC[C@H]2CN(Cc3ccc(Cl)c(Cl)c3)CCO2)n1. The maximum absolute atomic E-state index is 12.3. The molecular formula is C22H27Cl2N3O4S2. The number of methoxy groups -OCH3 is 1. The summed E-state index contributed by atoms with van der Waals surface area (Å²) < 4.78 is 11.4. The molecule has 11 heteroatoms. The molecule has 0 spiro atoms. The molecule has 1 amide bonds. The van der Waals surface area contributed by atoms with E-state index in [2.05, 4.69) is 15.2 Å². The van der Waals surface area contributed by atoms with Crippen molar-refractivity contribution in [3.05, 3.63) is 44.9 Å². The number of benzene rings is 1. The molecule has 180 valence electrons. The molecule has 0 saturated carbocycles. The van der Waals surface area contributed by atoms with E-state index in [4.69, 9.17) is 32.7 Å². The van der Waals surface area contributed by atoms with Crippen molar-refractivity contribution >= 4 is 58.2 Å². The van der Waals surface area contributed by atoms with Crippen LogP contribution in [0.25, 0.3) is 0 Å². The summed E-state index contributed by atoms with van der Waals surface area (Å²) in [5.41, 5.74) is 0.900. The molecule has 0 unspecified atom stereocenters. The highest BCUT2D eigenvalue weighted by atomic mass is 35.5. The number of hydrogen-bond donors (Lipinski definition) is 1. The van der Waals surface area contributed by atoms with Gasteiger partial charge in [-0.1, -0.05) is 41.0 Å². The Morgan fingerprint density at radius 3 is 2.88 bits per heavy atom. The second kappa shape index (κ2) is 11.9. The van der Waals surface area contributed by atoms with Crippen LogP contribution in [0.1, 0.15) is 25.1 Å². The largest absolute Gasteiger partial charge is 0.468 e. The highest BCUT2D eigenvalue weighted by Gasteiger charge is 2.33. The fraction of sp³-hybridized carbons (Fsp3) is 0.500. The third-order valence-corrected chi connectivity index (χ3v) is 8.05. The van der Waals surface area contributed by atoms with Crippen molar-refractivity contribution in [3.63, 3.8) is 0 Å². The zero-order valence-corrected chi connectivity index (χ0v) is 21.9. The number of rotatable bonds is 9. The fourth-order valence-electron chi connectivity index (χ4n) is 3.32. The zero-order chi connectivity index (χ0) is 24.0. The Morgan fingerprint density at radius 2 is 2.15 bits per heavy atom. The lowest BCUT2D eigenvalue weighted by atomic mass is 9.90. The monoisotopic (exact) mass is 531 g/mol. The van der Waals surface area contributed by atoms with Gasteiger partial charge in [-0.15, -0.1) is 11.3 Å². The third-order valence-electron chi connectivity index (χ3n) is 5.29. The Kier molecular flexibility index (Phi) is 9.43. The molecule has 1 fully saturated rings. The van der Waals surface area contributed by atoms with E-state index >= 15 is 0 Å². The Labute approximate surface area is 212 Å². The van der Waals surface area contributed by atoms with Crippen LogP contribution in [-0.2, 0) is 31.0 Å². The quantitative estimate of drug-likeness (QED) is 0.386. The summed E-state index contributed by atoms with van der Waals surface area (Å²) in [6.07, 6.45) is -0.0807. The number of nitrogens with zero attached hydrogens (tertiary/aromatic N) is 2. The van der Waals surface area contributed by atoms with Crippen LogP contribution in [0.5, 0.6) is 0 Å². The first-order valence-electron chi connectivity index (χ1n) is 10.4. The number of amides is 1. The van der Waals surface area contributed by atoms with Gasteiger partial charge in [0.05, 0.1) is 41.3 Å². The highest BCUT2D eigenvalue weighted by Crippen LogP contribution is 2.30. The summed E-state index contributed by atoms with van der Waals surface area (Å²) in [7, 11) is 1.36. The lowest BCUT2D eigenvalue weighted by Gasteiger charge is -2.33. The number of halogens is 2. The van der Waals surface area contributed by atoms with Crippen LogP contribution >= 0.6 is 46.3 Å². The van der Waals surface area contributed by atoms with Crippen molar-refractivity contribution in [3.8, 4) is 0 Å². The van der Waals surface area contributed by atoms with Crippen molar-refractivity contribution in [2.75, 3.05) is 39.1 Å². The molecule has 3 rings (SSSR count). The topological polar surface area (TPSA) is 80.8 Å². The smallest absolute Gasteiger partial charge is 0.317 e. The summed E-state index contributed by atoms with van der Waals surface area (Å²) in [4.78, 5) is 31.0. The van der Waals surface area contributed by atoms with Gasteiger partial charge in [0.1, 0.15) is 5.41 Å². The average molecular weight is 533 g/mol. The number of carbonyl (C=O) groups excluding carboxylic acids is 2. The molecule has 1 N–H and O–H groups in total. The Morgan fingerprint density at radius 1 is 1.36 bits per heavy atom. The van der Waals surface area contributed by atoms with E-state index in [-0.39, 0.29) is 23.7 Å². The van der Waals surface area contributed by atoms with Crippen LogP contribution in [-0.4, -0.2) is 67.0 Å². The van der Waals surface area contributed by atoms with E-state index in [0.717, 1.165) is 23.0 Å². The minimum Gasteiger partial charge on any atom is -0.468 e. The normalized spacial score (nSPS) is 17.1. The molecular weight excluding hydrogens is 505 g/mol. The number of esters is 1. The van der Waals surface area contributed by atoms with Crippen molar-refractivity contribution in [1.29, 1.82) is 0 Å². The zero-order valence-electron chi connectivity index (χ0n) is 18.7. The second-order valence-corrected chi connectivity index (χ2v) is 11.1. The van der Waals surface area contributed by atoms with E-state index < -0.39 is 5.41 Å². The molecule has 0 aliphatic carbocycles. The molecule has 1 saturated heterocycles. The molecule has 0 radical (unpaired) electrons. The van der Waals surface area contributed by atoms with E-state index in [1.807, 2.05) is 17.5 Å². The van der Waals surface area contributed by atoms with Crippen LogP contribution in [0.3, 0.4) is 0 Å². The van der Waals surface area contributed by atoms with Crippen molar-refractivity contribution in [2.24, 2.45) is 0 Å². The molecule has 2 aromatic rings. The van der Waals surface area contributed by atoms with Gasteiger partial charge in [0, 0.05) is 31.6 Å². The summed E-state index contributed by atoms with van der Waals surface area (Å²) in [6.45, 7) is 6.86. The third kappa shape index (κ3) is 7.31. The molecule has 1 aromatic heterocycles. The highest BCUT2D eigenvalue weighted by molar-refractivity contribution is 8.01.